The smallest absolute Gasteiger partial charge is 0.275 e. The van der Waals surface area contributed by atoms with E-state index in [-0.39, 0.29) is 11.3 Å². The number of fused-ring (bicyclic) bond motifs is 1. The number of benzene rings is 2. The van der Waals surface area contributed by atoms with Crippen molar-refractivity contribution in [3.05, 3.63) is 59.9 Å². The average molecular weight is 363 g/mol. The Morgan fingerprint density at radius 3 is 2.59 bits per heavy atom. The number of aromatic hydroxyl groups is 1. The number of nitrogens with one attached hydrogen (secondary N) is 1. The van der Waals surface area contributed by atoms with E-state index >= 15 is 0 Å². The third kappa shape index (κ3) is 3.79. The van der Waals surface area contributed by atoms with Crippen LogP contribution in [0.5, 0.6) is 5.75 Å². The van der Waals surface area contributed by atoms with Crippen molar-refractivity contribution in [1.29, 1.82) is 0 Å². The van der Waals surface area contributed by atoms with Crippen LogP contribution in [-0.2, 0) is 0 Å². The summed E-state index contributed by atoms with van der Waals surface area (Å²) in [7, 11) is 0. The molecule has 2 N–H and O–H groups in total. The van der Waals surface area contributed by atoms with Gasteiger partial charge in [-0.15, -0.1) is 0 Å². The van der Waals surface area contributed by atoms with Gasteiger partial charge in [0.1, 0.15) is 11.5 Å². The predicted molar refractivity (Wildman–Crippen MR) is 105 cm³/mol. The van der Waals surface area contributed by atoms with Gasteiger partial charge in [0.05, 0.1) is 11.8 Å². The van der Waals surface area contributed by atoms with E-state index in [1.807, 2.05) is 36.4 Å². The normalized spacial score (nSPS) is 14.7. The van der Waals surface area contributed by atoms with Gasteiger partial charge in [-0.3, -0.25) is 4.79 Å². The Kier molecular flexibility index (Phi) is 4.78. The summed E-state index contributed by atoms with van der Waals surface area (Å²) in [6.45, 7) is 2.00. The number of furan rings is 1. The molecule has 0 radical (unpaired) electrons. The highest BCUT2D eigenvalue weighted by Crippen LogP contribution is 2.25. The van der Waals surface area contributed by atoms with Crippen LogP contribution in [0, 0.1) is 0 Å². The maximum absolute atomic E-state index is 12.3. The van der Waals surface area contributed by atoms with Gasteiger partial charge in [0.15, 0.2) is 5.88 Å². The van der Waals surface area contributed by atoms with Crippen molar-refractivity contribution in [2.24, 2.45) is 5.10 Å². The first-order valence-corrected chi connectivity index (χ1v) is 9.11. The van der Waals surface area contributed by atoms with Crippen LogP contribution in [0.2, 0.25) is 0 Å². The molecule has 1 fully saturated rings. The number of piperidine rings is 1. The van der Waals surface area contributed by atoms with Gasteiger partial charge in [-0.25, -0.2) is 5.43 Å². The van der Waals surface area contributed by atoms with Crippen LogP contribution in [0.15, 0.2) is 58.0 Å². The summed E-state index contributed by atoms with van der Waals surface area (Å²) in [5.41, 5.74) is 2.62. The number of nitrogens with zero attached hydrogens (tertiary/aromatic N) is 2. The van der Waals surface area contributed by atoms with E-state index in [0.717, 1.165) is 29.7 Å². The van der Waals surface area contributed by atoms with Crippen molar-refractivity contribution in [3.63, 3.8) is 0 Å². The van der Waals surface area contributed by atoms with Crippen LogP contribution in [0.3, 0.4) is 0 Å². The minimum Gasteiger partial charge on any atom is -0.507 e. The third-order valence-electron chi connectivity index (χ3n) is 4.75. The standard InChI is InChI=1S/C21H21N3O3/c25-19-13-16-7-3-2-6-15(16)12-18(19)21(26)23-22-14-17-8-9-20(27-17)24-10-4-1-5-11-24/h2-3,6-9,12-14,25H,1,4-5,10-11H2,(H,23,26)/b22-14+. The monoisotopic (exact) mass is 363 g/mol. The van der Waals surface area contributed by atoms with Crippen molar-refractivity contribution in [3.8, 4) is 5.75 Å². The maximum atomic E-state index is 12.3. The number of rotatable bonds is 4. The van der Waals surface area contributed by atoms with Crippen molar-refractivity contribution < 1.29 is 14.3 Å². The molecule has 1 aliphatic rings. The molecule has 0 unspecified atom stereocenters. The summed E-state index contributed by atoms with van der Waals surface area (Å²) in [5.74, 6) is 0.845. The number of hydrogen-bond donors (Lipinski definition) is 2. The number of phenolic OH excluding ortho intramolecular Hbond substituents is 1. The molecular weight excluding hydrogens is 342 g/mol. The molecule has 2 heterocycles. The van der Waals surface area contributed by atoms with Crippen LogP contribution < -0.4 is 10.3 Å². The van der Waals surface area contributed by atoms with Crippen molar-refractivity contribution in [2.45, 2.75) is 19.3 Å². The quantitative estimate of drug-likeness (QED) is 0.544. The molecule has 0 saturated carbocycles. The molecule has 0 bridgehead atoms. The van der Waals surface area contributed by atoms with E-state index in [1.165, 1.54) is 25.5 Å². The number of carbonyl (C=O) groups excluding carboxylic acids is 1. The number of phenols is 1. The average Bonchev–Trinajstić information content (AvgIpc) is 3.17. The number of hydrogen-bond acceptors (Lipinski definition) is 5. The lowest BCUT2D eigenvalue weighted by molar-refractivity contribution is 0.0952. The molecular formula is C21H21N3O3. The molecule has 3 aromatic rings. The van der Waals surface area contributed by atoms with Gasteiger partial charge in [-0.05, 0) is 48.2 Å². The number of amides is 1. The second-order valence-corrected chi connectivity index (χ2v) is 6.64. The van der Waals surface area contributed by atoms with Crippen LogP contribution >= 0.6 is 0 Å². The Labute approximate surface area is 157 Å². The van der Waals surface area contributed by atoms with Gasteiger partial charge in [0.25, 0.3) is 5.91 Å². The number of anilines is 1. The molecule has 0 spiro atoms. The summed E-state index contributed by atoms with van der Waals surface area (Å²) >= 11 is 0. The first-order valence-electron chi connectivity index (χ1n) is 9.11. The van der Waals surface area contributed by atoms with Gasteiger partial charge in [-0.2, -0.15) is 5.10 Å². The molecule has 138 valence electrons. The first-order chi connectivity index (χ1) is 13.2. The molecule has 6 nitrogen and oxygen atoms in total. The molecule has 4 rings (SSSR count). The zero-order valence-electron chi connectivity index (χ0n) is 14.9. The summed E-state index contributed by atoms with van der Waals surface area (Å²) in [6.07, 6.45) is 5.08. The summed E-state index contributed by atoms with van der Waals surface area (Å²) < 4.78 is 5.77. The van der Waals surface area contributed by atoms with Crippen LogP contribution in [0.4, 0.5) is 5.88 Å². The largest absolute Gasteiger partial charge is 0.507 e. The number of hydrazone groups is 1. The minimum atomic E-state index is -0.475. The molecule has 1 aromatic heterocycles. The van der Waals surface area contributed by atoms with Gasteiger partial charge in [0.2, 0.25) is 0 Å². The Balaban J connectivity index is 1.43. The zero-order chi connectivity index (χ0) is 18.6. The highest BCUT2D eigenvalue weighted by molar-refractivity contribution is 6.01. The second-order valence-electron chi connectivity index (χ2n) is 6.64. The molecule has 6 heteroatoms. The molecule has 2 aromatic carbocycles. The van der Waals surface area contributed by atoms with Crippen LogP contribution in [-0.4, -0.2) is 30.3 Å². The Hall–Kier alpha value is -3.28. The summed E-state index contributed by atoms with van der Waals surface area (Å²) in [4.78, 5) is 14.5. The Morgan fingerprint density at radius 2 is 1.81 bits per heavy atom. The molecule has 1 saturated heterocycles. The lowest BCUT2D eigenvalue weighted by atomic mass is 10.1. The van der Waals surface area contributed by atoms with E-state index in [2.05, 4.69) is 15.4 Å². The summed E-state index contributed by atoms with van der Waals surface area (Å²) in [5, 5.41) is 15.8. The number of carbonyl (C=O) groups is 1. The van der Waals surface area contributed by atoms with E-state index in [0.29, 0.717) is 5.76 Å². The fourth-order valence-electron chi connectivity index (χ4n) is 3.32. The molecule has 0 aliphatic carbocycles. The molecule has 0 atom stereocenters. The predicted octanol–water partition coefficient (Wildman–Crippen LogP) is 3.89. The van der Waals surface area contributed by atoms with E-state index < -0.39 is 5.91 Å². The topological polar surface area (TPSA) is 78.1 Å². The fraction of sp³-hybridized carbons (Fsp3) is 0.238. The molecule has 27 heavy (non-hydrogen) atoms. The van der Waals surface area contributed by atoms with Crippen LogP contribution in [0.25, 0.3) is 10.8 Å². The molecule has 1 aliphatic heterocycles. The Morgan fingerprint density at radius 1 is 1.07 bits per heavy atom. The van der Waals surface area contributed by atoms with Crippen molar-refractivity contribution in [1.82, 2.24) is 5.43 Å². The van der Waals surface area contributed by atoms with Gasteiger partial charge >= 0.3 is 0 Å². The SMILES string of the molecule is O=C(N/N=C/c1ccc(N2CCCCC2)o1)c1cc2ccccc2cc1O. The van der Waals surface area contributed by atoms with Gasteiger partial charge in [0, 0.05) is 19.2 Å². The Bertz CT molecular complexity index is 987. The minimum absolute atomic E-state index is 0.0771. The van der Waals surface area contributed by atoms with Crippen molar-refractivity contribution in [2.75, 3.05) is 18.0 Å². The zero-order valence-corrected chi connectivity index (χ0v) is 14.9. The summed E-state index contributed by atoms with van der Waals surface area (Å²) in [6, 6.07) is 14.5. The maximum Gasteiger partial charge on any atom is 0.275 e. The van der Waals surface area contributed by atoms with Crippen LogP contribution in [0.1, 0.15) is 35.4 Å². The van der Waals surface area contributed by atoms with E-state index in [4.69, 9.17) is 4.42 Å². The molecule has 1 amide bonds. The first kappa shape index (κ1) is 17.1. The van der Waals surface area contributed by atoms with Gasteiger partial charge in [-0.1, -0.05) is 24.3 Å². The second kappa shape index (κ2) is 7.53. The van der Waals surface area contributed by atoms with E-state index in [1.54, 1.807) is 12.1 Å². The fourth-order valence-corrected chi connectivity index (χ4v) is 3.32. The van der Waals surface area contributed by atoms with E-state index in [9.17, 15) is 9.90 Å². The highest BCUT2D eigenvalue weighted by Gasteiger charge is 2.14. The third-order valence-corrected chi connectivity index (χ3v) is 4.75. The van der Waals surface area contributed by atoms with Crippen molar-refractivity contribution >= 4 is 28.8 Å². The lowest BCUT2D eigenvalue weighted by Gasteiger charge is -2.25. The van der Waals surface area contributed by atoms with Gasteiger partial charge < -0.3 is 14.4 Å². The lowest BCUT2D eigenvalue weighted by Crippen LogP contribution is -2.28. The highest BCUT2D eigenvalue weighted by atomic mass is 16.4.